The van der Waals surface area contributed by atoms with Gasteiger partial charge in [0.2, 0.25) is 0 Å². The lowest BCUT2D eigenvalue weighted by atomic mass is 10.1. The Morgan fingerprint density at radius 2 is 1.08 bits per heavy atom. The minimum absolute atomic E-state index is 0.310. The smallest absolute Gasteiger partial charge is 0.103 e. The molecule has 0 aromatic rings. The molecule has 7 heteroatoms. The molecule has 0 aliphatic heterocycles. The number of hydrogen-bond acceptors (Lipinski definition) is 7. The zero-order valence-electron chi connectivity index (χ0n) is 15.8. The Labute approximate surface area is 151 Å². The minimum atomic E-state index is -0.867. The highest BCUT2D eigenvalue weighted by atomic mass is 16.6. The van der Waals surface area contributed by atoms with Gasteiger partial charge in [-0.05, 0) is 12.8 Å². The Morgan fingerprint density at radius 1 is 0.680 bits per heavy atom. The lowest BCUT2D eigenvalue weighted by Gasteiger charge is -2.22. The third-order valence-electron chi connectivity index (χ3n) is 4.04. The zero-order valence-corrected chi connectivity index (χ0v) is 15.8. The minimum Gasteiger partial charge on any atom is -0.394 e. The van der Waals surface area contributed by atoms with Crippen LogP contribution in [0, 0.1) is 0 Å². The van der Waals surface area contributed by atoms with Crippen LogP contribution >= 0.6 is 0 Å². The number of aliphatic hydroxyl groups excluding tert-OH is 4. The van der Waals surface area contributed by atoms with E-state index >= 15 is 0 Å². The van der Waals surface area contributed by atoms with E-state index in [4.69, 9.17) is 24.4 Å². The molecule has 25 heavy (non-hydrogen) atoms. The van der Waals surface area contributed by atoms with Gasteiger partial charge in [-0.15, -0.1) is 0 Å². The van der Waals surface area contributed by atoms with Crippen molar-refractivity contribution in [2.24, 2.45) is 0 Å². The van der Waals surface area contributed by atoms with Gasteiger partial charge in [-0.2, -0.15) is 0 Å². The molecule has 7 nitrogen and oxygen atoms in total. The summed E-state index contributed by atoms with van der Waals surface area (Å²) in [7, 11) is 0. The molecule has 4 unspecified atom stereocenters. The second-order valence-electron chi connectivity index (χ2n) is 6.22. The highest BCUT2D eigenvalue weighted by Gasteiger charge is 2.19. The fraction of sp³-hybridized carbons (Fsp3) is 1.00. The van der Waals surface area contributed by atoms with Gasteiger partial charge in [-0.1, -0.05) is 39.5 Å². The third-order valence-corrected chi connectivity index (χ3v) is 4.04. The monoisotopic (exact) mass is 366 g/mol. The number of hydrogen-bond donors (Lipinski definition) is 4. The van der Waals surface area contributed by atoms with E-state index in [9.17, 15) is 10.2 Å². The summed E-state index contributed by atoms with van der Waals surface area (Å²) in [5, 5.41) is 37.5. The number of rotatable bonds is 18. The van der Waals surface area contributed by atoms with Crippen molar-refractivity contribution in [2.75, 3.05) is 39.6 Å². The first kappa shape index (κ1) is 24.7. The summed E-state index contributed by atoms with van der Waals surface area (Å²) >= 11 is 0. The predicted molar refractivity (Wildman–Crippen MR) is 95.5 cm³/mol. The van der Waals surface area contributed by atoms with Gasteiger partial charge >= 0.3 is 0 Å². The van der Waals surface area contributed by atoms with Gasteiger partial charge in [0.1, 0.15) is 12.2 Å². The van der Waals surface area contributed by atoms with Crippen molar-refractivity contribution in [1.82, 2.24) is 0 Å². The van der Waals surface area contributed by atoms with E-state index in [0.29, 0.717) is 39.3 Å². The van der Waals surface area contributed by atoms with Crippen LogP contribution in [0.5, 0.6) is 0 Å². The Bertz CT molecular complexity index is 252. The molecule has 4 atom stereocenters. The molecule has 0 aliphatic carbocycles. The van der Waals surface area contributed by atoms with E-state index in [2.05, 4.69) is 13.8 Å². The SMILES string of the molecule is CCCCC(OCCOCCOC(CCCC)C(O)CO)C(O)CO. The van der Waals surface area contributed by atoms with E-state index in [1.54, 1.807) is 0 Å². The van der Waals surface area contributed by atoms with Crippen molar-refractivity contribution in [3.63, 3.8) is 0 Å². The van der Waals surface area contributed by atoms with Gasteiger partial charge in [0.25, 0.3) is 0 Å². The maximum atomic E-state index is 9.71. The molecule has 0 aromatic carbocycles. The van der Waals surface area contributed by atoms with Crippen molar-refractivity contribution in [2.45, 2.75) is 76.8 Å². The molecule has 152 valence electrons. The van der Waals surface area contributed by atoms with Crippen LogP contribution in [0.2, 0.25) is 0 Å². The molecule has 0 aliphatic rings. The molecule has 0 saturated carbocycles. The molecule has 0 rings (SSSR count). The molecule has 0 fully saturated rings. The average molecular weight is 366 g/mol. The van der Waals surface area contributed by atoms with Crippen LogP contribution in [0.25, 0.3) is 0 Å². The molecule has 0 radical (unpaired) electrons. The summed E-state index contributed by atoms with van der Waals surface area (Å²) < 4.78 is 16.6. The third kappa shape index (κ3) is 12.7. The van der Waals surface area contributed by atoms with E-state index in [1.807, 2.05) is 0 Å². The summed E-state index contributed by atoms with van der Waals surface area (Å²) in [5.41, 5.74) is 0. The molecule has 0 spiro atoms. The van der Waals surface area contributed by atoms with E-state index in [1.165, 1.54) is 0 Å². The van der Waals surface area contributed by atoms with E-state index in [-0.39, 0.29) is 25.4 Å². The Kier molecular flexibility index (Phi) is 17.0. The highest BCUT2D eigenvalue weighted by Crippen LogP contribution is 2.10. The van der Waals surface area contributed by atoms with Crippen molar-refractivity contribution in [1.29, 1.82) is 0 Å². The fourth-order valence-electron chi connectivity index (χ4n) is 2.44. The maximum absolute atomic E-state index is 9.71. The molecule has 4 N–H and O–H groups in total. The second-order valence-corrected chi connectivity index (χ2v) is 6.22. The number of ether oxygens (including phenoxy) is 3. The average Bonchev–Trinajstić information content (AvgIpc) is 2.64. The summed E-state index contributed by atoms with van der Waals surface area (Å²) in [4.78, 5) is 0. The molecule has 0 heterocycles. The summed E-state index contributed by atoms with van der Waals surface area (Å²) in [6.45, 7) is 4.91. The predicted octanol–water partition coefficient (Wildman–Crippen LogP) is 0.860. The molecular formula is C18H38O7. The lowest BCUT2D eigenvalue weighted by Crippen LogP contribution is -2.33. The van der Waals surface area contributed by atoms with E-state index in [0.717, 1.165) is 25.7 Å². The molecular weight excluding hydrogens is 328 g/mol. The Morgan fingerprint density at radius 3 is 1.40 bits per heavy atom. The van der Waals surface area contributed by atoms with Gasteiger partial charge in [0.05, 0.1) is 51.8 Å². The van der Waals surface area contributed by atoms with Crippen LogP contribution in [0.4, 0.5) is 0 Å². The molecule has 0 amide bonds. The fourth-order valence-corrected chi connectivity index (χ4v) is 2.44. The highest BCUT2D eigenvalue weighted by molar-refractivity contribution is 4.69. The zero-order chi connectivity index (χ0) is 18.9. The van der Waals surface area contributed by atoms with Crippen LogP contribution in [0.3, 0.4) is 0 Å². The van der Waals surface area contributed by atoms with Crippen LogP contribution in [0.1, 0.15) is 52.4 Å². The van der Waals surface area contributed by atoms with Crippen molar-refractivity contribution < 1.29 is 34.6 Å². The molecule has 0 saturated heterocycles. The van der Waals surface area contributed by atoms with Gasteiger partial charge in [-0.3, -0.25) is 0 Å². The summed E-state index contributed by atoms with van der Waals surface area (Å²) in [5.74, 6) is 0. The first-order valence-corrected chi connectivity index (χ1v) is 9.49. The van der Waals surface area contributed by atoms with Crippen LogP contribution in [-0.4, -0.2) is 84.5 Å². The van der Waals surface area contributed by atoms with Crippen molar-refractivity contribution >= 4 is 0 Å². The second kappa shape index (κ2) is 17.1. The maximum Gasteiger partial charge on any atom is 0.103 e. The Hall–Kier alpha value is -0.280. The van der Waals surface area contributed by atoms with Gasteiger partial charge in [-0.25, -0.2) is 0 Å². The topological polar surface area (TPSA) is 109 Å². The van der Waals surface area contributed by atoms with Crippen molar-refractivity contribution in [3.05, 3.63) is 0 Å². The quantitative estimate of drug-likeness (QED) is 0.266. The number of unbranched alkanes of at least 4 members (excludes halogenated alkanes) is 2. The molecule has 0 bridgehead atoms. The first-order chi connectivity index (χ1) is 12.1. The normalized spacial score (nSPS) is 16.6. The van der Waals surface area contributed by atoms with Crippen LogP contribution < -0.4 is 0 Å². The van der Waals surface area contributed by atoms with E-state index < -0.39 is 12.2 Å². The standard InChI is InChI=1S/C18H38O7/c1-3-5-7-17(15(21)13-19)24-11-9-23-10-12-25-18(8-6-4-2)16(22)14-20/h15-22H,3-14H2,1-2H3. The number of aliphatic hydroxyl groups is 4. The van der Waals surface area contributed by atoms with Crippen LogP contribution in [-0.2, 0) is 14.2 Å². The summed E-state index contributed by atoms with van der Waals surface area (Å²) in [6.07, 6.45) is 2.81. The van der Waals surface area contributed by atoms with Gasteiger partial charge in [0.15, 0.2) is 0 Å². The Balaban J connectivity index is 3.84. The van der Waals surface area contributed by atoms with Gasteiger partial charge < -0.3 is 34.6 Å². The van der Waals surface area contributed by atoms with Crippen LogP contribution in [0.15, 0.2) is 0 Å². The molecule has 0 aromatic heterocycles. The largest absolute Gasteiger partial charge is 0.394 e. The summed E-state index contributed by atoms with van der Waals surface area (Å²) in [6, 6.07) is 0. The van der Waals surface area contributed by atoms with Gasteiger partial charge in [0, 0.05) is 0 Å². The first-order valence-electron chi connectivity index (χ1n) is 9.49. The van der Waals surface area contributed by atoms with Crippen molar-refractivity contribution in [3.8, 4) is 0 Å². The lowest BCUT2D eigenvalue weighted by molar-refractivity contribution is -0.0913.